The number of halogens is 1. The quantitative estimate of drug-likeness (QED) is 0.318. The smallest absolute Gasteiger partial charge is 0.260 e. The van der Waals surface area contributed by atoms with E-state index < -0.39 is 15.8 Å². The fourth-order valence-electron chi connectivity index (χ4n) is 4.37. The monoisotopic (exact) mass is 523 g/mol. The molecule has 0 N–H and O–H groups in total. The second-order valence-corrected chi connectivity index (χ2v) is 11.7. The lowest BCUT2D eigenvalue weighted by atomic mass is 10.1. The van der Waals surface area contributed by atoms with Gasteiger partial charge in [0.15, 0.2) is 5.13 Å². The lowest BCUT2D eigenvalue weighted by molar-refractivity contribution is 0.0985. The maximum absolute atomic E-state index is 14.3. The van der Waals surface area contributed by atoms with Crippen LogP contribution in [0.4, 0.5) is 9.52 Å². The Hall–Kier alpha value is -3.14. The van der Waals surface area contributed by atoms with Gasteiger partial charge in [-0.3, -0.25) is 9.69 Å². The fourth-order valence-corrected chi connectivity index (χ4v) is 6.86. The second kappa shape index (κ2) is 10.5. The van der Waals surface area contributed by atoms with Crippen LogP contribution in [0.1, 0.15) is 41.6 Å². The Balaban J connectivity index is 1.46. The number of benzene rings is 3. The van der Waals surface area contributed by atoms with Crippen LogP contribution in [0.5, 0.6) is 0 Å². The molecule has 4 aromatic rings. The zero-order valence-corrected chi connectivity index (χ0v) is 21.3. The summed E-state index contributed by atoms with van der Waals surface area (Å²) >= 11 is 1.24. The summed E-state index contributed by atoms with van der Waals surface area (Å²) < 4.78 is 42.8. The molecule has 6 nitrogen and oxygen atoms in total. The number of thiazole rings is 1. The van der Waals surface area contributed by atoms with Gasteiger partial charge in [0.1, 0.15) is 11.3 Å². The molecule has 1 saturated heterocycles. The van der Waals surface area contributed by atoms with Crippen LogP contribution < -0.4 is 4.90 Å². The zero-order valence-electron chi connectivity index (χ0n) is 19.6. The standard InChI is InChI=1S/C27H26FN3O3S2/c28-23-11-8-12-24-25(23)29-27(35-24)31(19-20-9-4-3-5-10-20)26(32)21-13-15-22(16-14-21)36(33,34)30-17-6-1-2-7-18-30/h3-5,8-16H,1-2,6-7,17-19H2. The number of rotatable bonds is 6. The number of fused-ring (bicyclic) bond motifs is 1. The van der Waals surface area contributed by atoms with Crippen LogP contribution in [0.25, 0.3) is 10.2 Å². The fraction of sp³-hybridized carbons (Fsp3) is 0.259. The van der Waals surface area contributed by atoms with Gasteiger partial charge in [0, 0.05) is 18.7 Å². The van der Waals surface area contributed by atoms with E-state index in [1.54, 1.807) is 24.3 Å². The highest BCUT2D eigenvalue weighted by atomic mass is 32.2. The zero-order chi connectivity index (χ0) is 25.1. The van der Waals surface area contributed by atoms with Gasteiger partial charge in [-0.05, 0) is 54.8 Å². The lowest BCUT2D eigenvalue weighted by Gasteiger charge is -2.21. The maximum atomic E-state index is 14.3. The van der Waals surface area contributed by atoms with Gasteiger partial charge >= 0.3 is 0 Å². The number of carbonyl (C=O) groups excluding carboxylic acids is 1. The maximum Gasteiger partial charge on any atom is 0.260 e. The molecular formula is C27H26FN3O3S2. The second-order valence-electron chi connectivity index (χ2n) is 8.80. The van der Waals surface area contributed by atoms with Crippen LogP contribution in [-0.2, 0) is 16.6 Å². The number of hydrogen-bond donors (Lipinski definition) is 0. The van der Waals surface area contributed by atoms with Crippen molar-refractivity contribution in [1.29, 1.82) is 0 Å². The van der Waals surface area contributed by atoms with Gasteiger partial charge in [-0.25, -0.2) is 17.8 Å². The van der Waals surface area contributed by atoms with Crippen molar-refractivity contribution in [2.45, 2.75) is 37.1 Å². The first-order valence-corrected chi connectivity index (χ1v) is 14.2. The third-order valence-corrected chi connectivity index (χ3v) is 9.28. The number of sulfonamides is 1. The Morgan fingerprint density at radius 3 is 2.28 bits per heavy atom. The molecule has 0 atom stereocenters. The van der Waals surface area contributed by atoms with Crippen molar-refractivity contribution in [2.75, 3.05) is 18.0 Å². The van der Waals surface area contributed by atoms with Crippen LogP contribution >= 0.6 is 11.3 Å². The van der Waals surface area contributed by atoms with Gasteiger partial charge in [-0.2, -0.15) is 4.31 Å². The van der Waals surface area contributed by atoms with Crippen molar-refractivity contribution in [2.24, 2.45) is 0 Å². The first-order valence-electron chi connectivity index (χ1n) is 11.9. The minimum atomic E-state index is -3.61. The number of nitrogens with zero attached hydrogens (tertiary/aromatic N) is 3. The van der Waals surface area contributed by atoms with Crippen LogP contribution in [0.3, 0.4) is 0 Å². The molecule has 186 valence electrons. The average Bonchev–Trinajstić information content (AvgIpc) is 3.14. The third-order valence-electron chi connectivity index (χ3n) is 6.32. The van der Waals surface area contributed by atoms with E-state index >= 15 is 0 Å². The van der Waals surface area contributed by atoms with Gasteiger partial charge in [0.25, 0.3) is 5.91 Å². The SMILES string of the molecule is O=C(c1ccc(S(=O)(=O)N2CCCCCC2)cc1)N(Cc1ccccc1)c1nc2c(F)cccc2s1. The van der Waals surface area contributed by atoms with E-state index in [1.165, 1.54) is 38.7 Å². The van der Waals surface area contributed by atoms with E-state index in [0.29, 0.717) is 28.5 Å². The van der Waals surface area contributed by atoms with Gasteiger partial charge in [0.2, 0.25) is 10.0 Å². The average molecular weight is 524 g/mol. The summed E-state index contributed by atoms with van der Waals surface area (Å²) in [4.78, 5) is 19.8. The Morgan fingerprint density at radius 1 is 0.917 bits per heavy atom. The largest absolute Gasteiger partial charge is 0.279 e. The molecule has 1 aliphatic heterocycles. The summed E-state index contributed by atoms with van der Waals surface area (Å²) in [5, 5.41) is 0.380. The highest BCUT2D eigenvalue weighted by Crippen LogP contribution is 2.32. The number of carbonyl (C=O) groups is 1. The third kappa shape index (κ3) is 5.04. The number of hydrogen-bond acceptors (Lipinski definition) is 5. The van der Waals surface area contributed by atoms with Gasteiger partial charge in [0.05, 0.1) is 16.1 Å². The molecule has 0 radical (unpaired) electrons. The van der Waals surface area contributed by atoms with Crippen LogP contribution in [0.2, 0.25) is 0 Å². The normalized spacial score (nSPS) is 15.0. The summed E-state index contributed by atoms with van der Waals surface area (Å²) in [5.74, 6) is -0.776. The van der Waals surface area contributed by atoms with Crippen molar-refractivity contribution in [3.05, 3.63) is 89.7 Å². The summed E-state index contributed by atoms with van der Waals surface area (Å²) in [6.45, 7) is 1.28. The summed E-state index contributed by atoms with van der Waals surface area (Å²) in [5.41, 5.74) is 1.45. The minimum Gasteiger partial charge on any atom is -0.279 e. The molecule has 2 heterocycles. The Kier molecular flexibility index (Phi) is 7.13. The number of amides is 1. The predicted molar refractivity (Wildman–Crippen MR) is 140 cm³/mol. The van der Waals surface area contributed by atoms with Gasteiger partial charge < -0.3 is 0 Å². The van der Waals surface area contributed by atoms with Crippen LogP contribution in [0.15, 0.2) is 77.7 Å². The molecule has 1 fully saturated rings. The first kappa shape index (κ1) is 24.5. The highest BCUT2D eigenvalue weighted by molar-refractivity contribution is 7.89. The number of anilines is 1. The lowest BCUT2D eigenvalue weighted by Crippen LogP contribution is -2.32. The van der Waals surface area contributed by atoms with Crippen molar-refractivity contribution < 1.29 is 17.6 Å². The van der Waals surface area contributed by atoms with E-state index in [2.05, 4.69) is 4.98 Å². The van der Waals surface area contributed by atoms with Gasteiger partial charge in [-0.1, -0.05) is 60.6 Å². The van der Waals surface area contributed by atoms with E-state index in [-0.39, 0.29) is 22.9 Å². The molecular weight excluding hydrogens is 497 g/mol. The molecule has 1 aliphatic rings. The molecule has 0 aliphatic carbocycles. The van der Waals surface area contributed by atoms with Crippen molar-refractivity contribution in [3.63, 3.8) is 0 Å². The number of para-hydroxylation sites is 1. The minimum absolute atomic E-state index is 0.178. The topological polar surface area (TPSA) is 70.6 Å². The first-order chi connectivity index (χ1) is 17.4. The van der Waals surface area contributed by atoms with Gasteiger partial charge in [-0.15, -0.1) is 0 Å². The molecule has 0 bridgehead atoms. The molecule has 1 aromatic heterocycles. The van der Waals surface area contributed by atoms with E-state index in [4.69, 9.17) is 0 Å². The van der Waals surface area contributed by atoms with Crippen LogP contribution in [0, 0.1) is 5.82 Å². The van der Waals surface area contributed by atoms with Crippen molar-refractivity contribution in [1.82, 2.24) is 9.29 Å². The van der Waals surface area contributed by atoms with Crippen molar-refractivity contribution in [3.8, 4) is 0 Å². The summed E-state index contributed by atoms with van der Waals surface area (Å²) in [6.07, 6.45) is 3.78. The Bertz CT molecular complexity index is 1460. The highest BCUT2D eigenvalue weighted by Gasteiger charge is 2.27. The molecule has 5 rings (SSSR count). The van der Waals surface area contributed by atoms with E-state index in [1.807, 2.05) is 30.3 Å². The summed E-state index contributed by atoms with van der Waals surface area (Å²) in [6, 6.07) is 20.3. The molecule has 1 amide bonds. The van der Waals surface area contributed by atoms with E-state index in [0.717, 1.165) is 31.2 Å². The molecule has 36 heavy (non-hydrogen) atoms. The predicted octanol–water partition coefficient (Wildman–Crippen LogP) is 5.85. The van der Waals surface area contributed by atoms with Crippen LogP contribution in [-0.4, -0.2) is 36.7 Å². The Morgan fingerprint density at radius 2 is 1.61 bits per heavy atom. The molecule has 0 saturated carbocycles. The molecule has 0 unspecified atom stereocenters. The number of aromatic nitrogens is 1. The molecule has 9 heteroatoms. The molecule has 3 aromatic carbocycles. The Labute approximate surface area is 214 Å². The van der Waals surface area contributed by atoms with Crippen molar-refractivity contribution >= 4 is 42.6 Å². The molecule has 0 spiro atoms. The van der Waals surface area contributed by atoms with E-state index in [9.17, 15) is 17.6 Å². The summed E-state index contributed by atoms with van der Waals surface area (Å²) in [7, 11) is -3.61.